The molecule has 1 aromatic heterocycles. The first-order chi connectivity index (χ1) is 13.1. The van der Waals surface area contributed by atoms with Gasteiger partial charge in [-0.25, -0.2) is 0 Å². The molecule has 9 heteroatoms. The summed E-state index contributed by atoms with van der Waals surface area (Å²) in [6.07, 6.45) is 2.54. The number of rotatable bonds is 3. The molecule has 4 rings (SSSR count). The van der Waals surface area contributed by atoms with E-state index in [9.17, 15) is 9.59 Å². The van der Waals surface area contributed by atoms with E-state index in [1.807, 2.05) is 40.1 Å². The number of nitrogens with one attached hydrogen (secondary N) is 1. The van der Waals surface area contributed by atoms with Crippen LogP contribution in [0.25, 0.3) is 5.69 Å². The largest absolute Gasteiger partial charge is 0.365 e. The number of hydrogen-bond donors (Lipinski definition) is 1. The predicted octanol–water partition coefficient (Wildman–Crippen LogP) is 1.57. The van der Waals surface area contributed by atoms with Crippen molar-refractivity contribution in [2.75, 3.05) is 44.2 Å². The number of carbonyl (C=O) groups is 1. The Kier molecular flexibility index (Phi) is 6.59. The molecule has 1 aromatic carbocycles. The lowest BCUT2D eigenvalue weighted by Gasteiger charge is -2.37. The lowest BCUT2D eigenvalue weighted by molar-refractivity contribution is -0.135. The minimum absolute atomic E-state index is 0. The Morgan fingerprint density at radius 3 is 2.50 bits per heavy atom. The number of piperazine rings is 1. The number of halogens is 2. The maximum Gasteiger partial charge on any atom is 0.292 e. The first kappa shape index (κ1) is 20.6. The molecule has 28 heavy (non-hydrogen) atoms. The van der Waals surface area contributed by atoms with Gasteiger partial charge in [0.2, 0.25) is 5.91 Å². The van der Waals surface area contributed by atoms with Gasteiger partial charge in [0.1, 0.15) is 5.02 Å². The third-order valence-electron chi connectivity index (χ3n) is 5.24. The Morgan fingerprint density at radius 2 is 1.86 bits per heavy atom. The quantitative estimate of drug-likeness (QED) is 0.810. The molecule has 2 saturated heterocycles. The van der Waals surface area contributed by atoms with Crippen molar-refractivity contribution in [1.82, 2.24) is 20.0 Å². The Morgan fingerprint density at radius 1 is 1.14 bits per heavy atom. The van der Waals surface area contributed by atoms with Gasteiger partial charge in [0.15, 0.2) is 0 Å². The van der Waals surface area contributed by atoms with Crippen molar-refractivity contribution in [3.05, 3.63) is 51.9 Å². The summed E-state index contributed by atoms with van der Waals surface area (Å²) < 4.78 is 1.30. The normalized spacial score (nSPS) is 19.4. The second kappa shape index (κ2) is 8.94. The van der Waals surface area contributed by atoms with Crippen LogP contribution in [-0.4, -0.2) is 59.9 Å². The third kappa shape index (κ3) is 4.01. The molecule has 1 N–H and O–H groups in total. The van der Waals surface area contributed by atoms with Gasteiger partial charge >= 0.3 is 0 Å². The van der Waals surface area contributed by atoms with Gasteiger partial charge in [-0.1, -0.05) is 29.8 Å². The van der Waals surface area contributed by atoms with E-state index in [0.717, 1.165) is 19.5 Å². The van der Waals surface area contributed by atoms with E-state index < -0.39 is 0 Å². The van der Waals surface area contributed by atoms with Gasteiger partial charge in [0, 0.05) is 32.7 Å². The Labute approximate surface area is 174 Å². The van der Waals surface area contributed by atoms with Gasteiger partial charge in [-0.3, -0.25) is 9.59 Å². The molecule has 0 spiro atoms. The zero-order valence-corrected chi connectivity index (χ0v) is 17.0. The van der Waals surface area contributed by atoms with Crippen molar-refractivity contribution in [3.63, 3.8) is 0 Å². The number of nitrogens with zero attached hydrogens (tertiary/aromatic N) is 4. The standard InChI is InChI=1S/C19H22ClN5O2.ClH/c20-17-16(13-22-25(19(17)27)15-4-2-1-3-5-15)23-8-10-24(11-9-23)18(26)14-6-7-21-12-14;/h1-5,13-14,21H,6-12H2;1H. The third-order valence-corrected chi connectivity index (χ3v) is 5.60. The monoisotopic (exact) mass is 423 g/mol. The van der Waals surface area contributed by atoms with Gasteiger partial charge in [0.05, 0.1) is 23.5 Å². The van der Waals surface area contributed by atoms with Crippen molar-refractivity contribution in [2.45, 2.75) is 6.42 Å². The van der Waals surface area contributed by atoms with Crippen LogP contribution in [0.3, 0.4) is 0 Å². The fourth-order valence-electron chi connectivity index (χ4n) is 3.69. The van der Waals surface area contributed by atoms with E-state index in [0.29, 0.717) is 37.6 Å². The van der Waals surface area contributed by atoms with Crippen LogP contribution < -0.4 is 15.8 Å². The molecule has 2 aromatic rings. The highest BCUT2D eigenvalue weighted by atomic mass is 35.5. The lowest BCUT2D eigenvalue weighted by Crippen LogP contribution is -2.51. The van der Waals surface area contributed by atoms with E-state index in [1.165, 1.54) is 4.68 Å². The van der Waals surface area contributed by atoms with Gasteiger partial charge in [-0.2, -0.15) is 9.78 Å². The van der Waals surface area contributed by atoms with E-state index >= 15 is 0 Å². The number of amides is 1. The minimum atomic E-state index is -0.337. The number of hydrogen-bond acceptors (Lipinski definition) is 5. The Balaban J connectivity index is 0.00000225. The highest BCUT2D eigenvalue weighted by Gasteiger charge is 2.30. The molecule has 0 saturated carbocycles. The summed E-state index contributed by atoms with van der Waals surface area (Å²) in [5.74, 6) is 0.319. The molecule has 2 fully saturated rings. The summed E-state index contributed by atoms with van der Waals surface area (Å²) in [4.78, 5) is 29.1. The summed E-state index contributed by atoms with van der Waals surface area (Å²) in [7, 11) is 0. The maximum atomic E-state index is 12.6. The zero-order chi connectivity index (χ0) is 18.8. The molecule has 1 amide bonds. The zero-order valence-electron chi connectivity index (χ0n) is 15.4. The van der Waals surface area contributed by atoms with Gasteiger partial charge < -0.3 is 15.1 Å². The Bertz CT molecular complexity index is 876. The van der Waals surface area contributed by atoms with Crippen LogP contribution in [0.4, 0.5) is 5.69 Å². The number of aromatic nitrogens is 2. The second-order valence-electron chi connectivity index (χ2n) is 6.90. The smallest absolute Gasteiger partial charge is 0.292 e. The van der Waals surface area contributed by atoms with Crippen LogP contribution >= 0.6 is 24.0 Å². The molecule has 1 unspecified atom stereocenters. The molecular weight excluding hydrogens is 401 g/mol. The molecule has 2 aliphatic heterocycles. The van der Waals surface area contributed by atoms with E-state index in [4.69, 9.17) is 11.6 Å². The summed E-state index contributed by atoms with van der Waals surface area (Å²) in [6.45, 7) is 4.23. The predicted molar refractivity (Wildman–Crippen MR) is 112 cm³/mol. The fraction of sp³-hybridized carbons (Fsp3) is 0.421. The lowest BCUT2D eigenvalue weighted by atomic mass is 10.1. The van der Waals surface area contributed by atoms with E-state index in [2.05, 4.69) is 10.4 Å². The number of carbonyl (C=O) groups excluding carboxylic acids is 1. The summed E-state index contributed by atoms with van der Waals surface area (Å²) >= 11 is 6.38. The SMILES string of the molecule is Cl.O=C(C1CCNC1)N1CCN(c2cnn(-c3ccccc3)c(=O)c2Cl)CC1. The van der Waals surface area contributed by atoms with Crippen molar-refractivity contribution in [2.24, 2.45) is 5.92 Å². The molecule has 2 aliphatic rings. The van der Waals surface area contributed by atoms with Crippen molar-refractivity contribution >= 4 is 35.6 Å². The molecule has 7 nitrogen and oxygen atoms in total. The summed E-state index contributed by atoms with van der Waals surface area (Å²) in [5.41, 5.74) is 0.968. The average molecular weight is 424 g/mol. The maximum absolute atomic E-state index is 12.6. The van der Waals surface area contributed by atoms with Crippen LogP contribution in [0.15, 0.2) is 41.3 Å². The molecule has 0 aliphatic carbocycles. The molecule has 1 atom stereocenters. The molecular formula is C19H23Cl2N5O2. The highest BCUT2D eigenvalue weighted by Crippen LogP contribution is 2.24. The highest BCUT2D eigenvalue weighted by molar-refractivity contribution is 6.33. The van der Waals surface area contributed by atoms with Gasteiger partial charge in [0.25, 0.3) is 5.56 Å². The van der Waals surface area contributed by atoms with E-state index in [-0.39, 0.29) is 34.8 Å². The second-order valence-corrected chi connectivity index (χ2v) is 7.28. The number of benzene rings is 1. The van der Waals surface area contributed by atoms with Crippen molar-refractivity contribution < 1.29 is 4.79 Å². The van der Waals surface area contributed by atoms with Crippen molar-refractivity contribution in [1.29, 1.82) is 0 Å². The first-order valence-corrected chi connectivity index (χ1v) is 9.60. The Hall–Kier alpha value is -2.09. The molecule has 3 heterocycles. The molecule has 150 valence electrons. The molecule has 0 radical (unpaired) electrons. The van der Waals surface area contributed by atoms with Gasteiger partial charge in [-0.05, 0) is 25.1 Å². The summed E-state index contributed by atoms with van der Waals surface area (Å²) in [6, 6.07) is 9.20. The van der Waals surface area contributed by atoms with Gasteiger partial charge in [-0.15, -0.1) is 12.4 Å². The number of anilines is 1. The van der Waals surface area contributed by atoms with Crippen LogP contribution in [0.1, 0.15) is 6.42 Å². The first-order valence-electron chi connectivity index (χ1n) is 9.23. The number of para-hydroxylation sites is 1. The van der Waals surface area contributed by atoms with Crippen LogP contribution in [-0.2, 0) is 4.79 Å². The minimum Gasteiger partial charge on any atom is -0.365 e. The average Bonchev–Trinajstić information content (AvgIpc) is 3.25. The molecule has 0 bridgehead atoms. The summed E-state index contributed by atoms with van der Waals surface area (Å²) in [5, 5.41) is 7.69. The topological polar surface area (TPSA) is 70.5 Å². The van der Waals surface area contributed by atoms with Crippen LogP contribution in [0.2, 0.25) is 5.02 Å². The van der Waals surface area contributed by atoms with Crippen LogP contribution in [0, 0.1) is 5.92 Å². The van der Waals surface area contributed by atoms with Crippen LogP contribution in [0.5, 0.6) is 0 Å². The van der Waals surface area contributed by atoms with E-state index in [1.54, 1.807) is 6.20 Å². The fourth-order valence-corrected chi connectivity index (χ4v) is 3.94. The van der Waals surface area contributed by atoms with Crippen molar-refractivity contribution in [3.8, 4) is 5.69 Å².